The quantitative estimate of drug-likeness (QED) is 0.374. The van der Waals surface area contributed by atoms with Crippen LogP contribution in [-0.2, 0) is 21.3 Å². The van der Waals surface area contributed by atoms with Crippen molar-refractivity contribution < 1.29 is 17.9 Å². The number of amides is 1. The largest absolute Gasteiger partial charge is 0.453 e. The molecule has 0 saturated carbocycles. The van der Waals surface area contributed by atoms with Crippen molar-refractivity contribution in [3.8, 4) is 16.9 Å². The van der Waals surface area contributed by atoms with Gasteiger partial charge in [-0.2, -0.15) is 5.10 Å². The molecule has 2 aliphatic rings. The SMILES string of the molecule is [C-]#[N+]c1cnc(NC2CCN(S(C)(=O)=O)CC2)nc1-c1cnn(-c2ccc(CNC3CN(C(=O)OC)C3)cc2Cl)c1. The predicted octanol–water partition coefficient (Wildman–Crippen LogP) is 2.91. The Morgan fingerprint density at radius 1 is 1.22 bits per heavy atom. The molecule has 41 heavy (non-hydrogen) atoms. The highest BCUT2D eigenvalue weighted by Gasteiger charge is 2.30. The van der Waals surface area contributed by atoms with E-state index >= 15 is 0 Å². The normalized spacial score (nSPS) is 16.7. The lowest BCUT2D eigenvalue weighted by molar-refractivity contribution is 0.0799. The Morgan fingerprint density at radius 2 is 1.98 bits per heavy atom. The molecule has 2 aromatic heterocycles. The number of carbonyl (C=O) groups excluding carboxylic acids is 1. The molecule has 13 nitrogen and oxygen atoms in total. The molecule has 0 unspecified atom stereocenters. The zero-order chi connectivity index (χ0) is 29.1. The number of ether oxygens (including phenoxy) is 1. The van der Waals surface area contributed by atoms with Gasteiger partial charge in [0.2, 0.25) is 21.7 Å². The smallest absolute Gasteiger partial charge is 0.409 e. The number of halogens is 1. The van der Waals surface area contributed by atoms with E-state index in [2.05, 4.69) is 30.5 Å². The van der Waals surface area contributed by atoms with Crippen LogP contribution in [0, 0.1) is 6.57 Å². The van der Waals surface area contributed by atoms with Crippen molar-refractivity contribution in [3.05, 3.63) is 58.8 Å². The highest BCUT2D eigenvalue weighted by molar-refractivity contribution is 7.88. The summed E-state index contributed by atoms with van der Waals surface area (Å²) in [6.45, 7) is 10.2. The van der Waals surface area contributed by atoms with Gasteiger partial charge in [0.25, 0.3) is 0 Å². The highest BCUT2D eigenvalue weighted by Crippen LogP contribution is 2.31. The second kappa shape index (κ2) is 12.0. The van der Waals surface area contributed by atoms with E-state index < -0.39 is 10.0 Å². The third-order valence-electron chi connectivity index (χ3n) is 7.17. The molecular weight excluding hydrogens is 570 g/mol. The lowest BCUT2D eigenvalue weighted by Gasteiger charge is -2.38. The summed E-state index contributed by atoms with van der Waals surface area (Å²) in [6.07, 6.45) is 7.02. The molecule has 0 atom stereocenters. The van der Waals surface area contributed by atoms with Crippen LogP contribution in [0.1, 0.15) is 18.4 Å². The fraction of sp³-hybridized carbons (Fsp3) is 0.423. The second-order valence-corrected chi connectivity index (χ2v) is 12.4. The van der Waals surface area contributed by atoms with Gasteiger partial charge in [-0.15, -0.1) is 0 Å². The number of anilines is 1. The number of piperidine rings is 1. The Hall–Kier alpha value is -3.77. The molecule has 2 N–H and O–H groups in total. The summed E-state index contributed by atoms with van der Waals surface area (Å²) >= 11 is 6.61. The molecule has 2 saturated heterocycles. The number of hydrogen-bond acceptors (Lipinski definition) is 9. The maximum atomic E-state index is 11.8. The summed E-state index contributed by atoms with van der Waals surface area (Å²) in [7, 11) is -1.83. The number of sulfonamides is 1. The van der Waals surface area contributed by atoms with Gasteiger partial charge in [-0.25, -0.2) is 37.0 Å². The van der Waals surface area contributed by atoms with E-state index in [9.17, 15) is 13.2 Å². The Balaban J connectivity index is 1.24. The molecule has 0 radical (unpaired) electrons. The van der Waals surface area contributed by atoms with E-state index in [1.807, 2.05) is 18.2 Å². The van der Waals surface area contributed by atoms with Crippen LogP contribution in [0.15, 0.2) is 36.8 Å². The van der Waals surface area contributed by atoms with E-state index in [4.69, 9.17) is 22.9 Å². The lowest BCUT2D eigenvalue weighted by atomic mass is 10.1. The molecule has 1 aromatic carbocycles. The Labute approximate surface area is 243 Å². The molecule has 2 aliphatic heterocycles. The Morgan fingerprint density at radius 3 is 2.63 bits per heavy atom. The van der Waals surface area contributed by atoms with E-state index in [-0.39, 0.29) is 23.9 Å². The highest BCUT2D eigenvalue weighted by atomic mass is 35.5. The molecule has 2 fully saturated rings. The number of methoxy groups -OCH3 is 1. The molecule has 216 valence electrons. The van der Waals surface area contributed by atoms with Crippen molar-refractivity contribution in [1.29, 1.82) is 0 Å². The number of rotatable bonds is 8. The first kappa shape index (κ1) is 28.7. The van der Waals surface area contributed by atoms with Crippen LogP contribution >= 0.6 is 11.6 Å². The average molecular weight is 600 g/mol. The first-order valence-electron chi connectivity index (χ1n) is 13.0. The summed E-state index contributed by atoms with van der Waals surface area (Å²) < 4.78 is 31.4. The standard InChI is InChI=1S/C26H30ClN9O4S/c1-28-22-13-30-25(32-19-6-8-35(9-7-19)41(3,38)39)33-24(22)18-12-31-36(14-18)23-5-4-17(10-21(23)27)11-29-20-15-34(16-20)26(37)40-2/h4-5,10,12-14,19-20,29H,6-9,11,15-16H2,2-3H3,(H,30,32,33). The average Bonchev–Trinajstić information content (AvgIpc) is 3.41. The summed E-state index contributed by atoms with van der Waals surface area (Å²) in [5.41, 5.74) is 3.03. The summed E-state index contributed by atoms with van der Waals surface area (Å²) in [5, 5.41) is 11.7. The van der Waals surface area contributed by atoms with Gasteiger partial charge in [0, 0.05) is 62.8 Å². The van der Waals surface area contributed by atoms with E-state index in [1.165, 1.54) is 23.9 Å². The summed E-state index contributed by atoms with van der Waals surface area (Å²) in [5.74, 6) is 0.369. The molecule has 0 bridgehead atoms. The number of nitrogens with zero attached hydrogens (tertiary/aromatic N) is 7. The van der Waals surface area contributed by atoms with E-state index in [0.29, 0.717) is 73.5 Å². The van der Waals surface area contributed by atoms with Crippen LogP contribution in [0.5, 0.6) is 0 Å². The van der Waals surface area contributed by atoms with Gasteiger partial charge in [0.15, 0.2) is 0 Å². The van der Waals surface area contributed by atoms with Gasteiger partial charge in [-0.05, 0) is 30.5 Å². The van der Waals surface area contributed by atoms with Gasteiger partial charge < -0.3 is 20.3 Å². The molecular formula is C26H30ClN9O4S. The van der Waals surface area contributed by atoms with Gasteiger partial charge in [0.05, 0.1) is 42.5 Å². The molecule has 15 heteroatoms. The summed E-state index contributed by atoms with van der Waals surface area (Å²) in [4.78, 5) is 25.6. The van der Waals surface area contributed by atoms with Crippen LogP contribution in [0.3, 0.4) is 0 Å². The predicted molar refractivity (Wildman–Crippen MR) is 154 cm³/mol. The molecule has 4 heterocycles. The van der Waals surface area contributed by atoms with E-state index in [1.54, 1.807) is 22.0 Å². The minimum Gasteiger partial charge on any atom is -0.453 e. The fourth-order valence-corrected chi connectivity index (χ4v) is 5.99. The molecule has 5 rings (SSSR count). The zero-order valence-electron chi connectivity index (χ0n) is 22.6. The molecule has 3 aromatic rings. The number of benzene rings is 1. The number of aromatic nitrogens is 4. The van der Waals surface area contributed by atoms with Crippen LogP contribution in [0.25, 0.3) is 21.8 Å². The van der Waals surface area contributed by atoms with Gasteiger partial charge in [-0.3, -0.25) is 0 Å². The first-order chi connectivity index (χ1) is 19.6. The van der Waals surface area contributed by atoms with Crippen molar-refractivity contribution in [2.75, 3.05) is 44.9 Å². The second-order valence-electron chi connectivity index (χ2n) is 10.0. The van der Waals surface area contributed by atoms with Gasteiger partial charge >= 0.3 is 6.09 Å². The minimum atomic E-state index is -3.21. The monoisotopic (exact) mass is 599 g/mol. The van der Waals surface area contributed by atoms with Gasteiger partial charge in [-0.1, -0.05) is 17.7 Å². The lowest BCUT2D eigenvalue weighted by Crippen LogP contribution is -2.59. The number of carbonyl (C=O) groups is 1. The summed E-state index contributed by atoms with van der Waals surface area (Å²) in [6, 6.07) is 5.92. The molecule has 0 spiro atoms. The maximum Gasteiger partial charge on any atom is 0.409 e. The van der Waals surface area contributed by atoms with Crippen LogP contribution in [0.4, 0.5) is 16.4 Å². The Kier molecular flexibility index (Phi) is 8.41. The van der Waals surface area contributed by atoms with Crippen LogP contribution < -0.4 is 10.6 Å². The van der Waals surface area contributed by atoms with Crippen molar-refractivity contribution in [1.82, 2.24) is 34.3 Å². The zero-order valence-corrected chi connectivity index (χ0v) is 24.2. The van der Waals surface area contributed by atoms with Crippen molar-refractivity contribution in [3.63, 3.8) is 0 Å². The fourth-order valence-electron chi connectivity index (χ4n) is 4.82. The Bertz CT molecular complexity index is 1580. The van der Waals surface area contributed by atoms with Crippen molar-refractivity contribution in [2.45, 2.75) is 31.5 Å². The number of likely N-dealkylation sites (tertiary alicyclic amines) is 1. The van der Waals surface area contributed by atoms with Crippen molar-refractivity contribution in [2.24, 2.45) is 0 Å². The third-order valence-corrected chi connectivity index (χ3v) is 8.78. The van der Waals surface area contributed by atoms with E-state index in [0.717, 1.165) is 5.56 Å². The third kappa shape index (κ3) is 6.59. The van der Waals surface area contributed by atoms with Crippen LogP contribution in [0.2, 0.25) is 5.02 Å². The number of hydrogen-bond donors (Lipinski definition) is 2. The minimum absolute atomic E-state index is 0.0188. The topological polar surface area (TPSA) is 139 Å². The molecule has 1 amide bonds. The molecule has 0 aliphatic carbocycles. The first-order valence-corrected chi connectivity index (χ1v) is 15.2. The van der Waals surface area contributed by atoms with Gasteiger partial charge in [0.1, 0.15) is 0 Å². The van der Waals surface area contributed by atoms with Crippen molar-refractivity contribution >= 4 is 39.4 Å². The maximum absolute atomic E-state index is 11.8. The van der Waals surface area contributed by atoms with Crippen LogP contribution in [-0.4, -0.2) is 95.1 Å². The number of nitrogens with one attached hydrogen (secondary N) is 2.